The van der Waals surface area contributed by atoms with Crippen molar-refractivity contribution in [1.29, 1.82) is 0 Å². The van der Waals surface area contributed by atoms with E-state index < -0.39 is 0 Å². The van der Waals surface area contributed by atoms with Crippen molar-refractivity contribution in [2.75, 3.05) is 6.54 Å². The maximum absolute atomic E-state index is 12.2. The van der Waals surface area contributed by atoms with Crippen LogP contribution < -0.4 is 5.32 Å². The minimum absolute atomic E-state index is 0.156. The topological polar surface area (TPSA) is 42.2 Å². The van der Waals surface area contributed by atoms with Crippen molar-refractivity contribution in [3.63, 3.8) is 0 Å². The van der Waals surface area contributed by atoms with Gasteiger partial charge < -0.3 is 9.73 Å². The van der Waals surface area contributed by atoms with E-state index >= 15 is 0 Å². The fraction of sp³-hybridized carbons (Fsp3) is 0.188. The Morgan fingerprint density at radius 2 is 2.24 bits per heavy atom. The van der Waals surface area contributed by atoms with Crippen molar-refractivity contribution in [1.82, 2.24) is 5.32 Å². The average Bonchev–Trinajstić information content (AvgIpc) is 3.08. The van der Waals surface area contributed by atoms with Crippen LogP contribution in [-0.2, 0) is 6.42 Å². The highest BCUT2D eigenvalue weighted by atomic mass is 79.9. The molecule has 0 aliphatic rings. The monoisotopic (exact) mass is 363 g/mol. The van der Waals surface area contributed by atoms with Crippen molar-refractivity contribution in [2.24, 2.45) is 0 Å². The largest absolute Gasteiger partial charge is 0.451 e. The van der Waals surface area contributed by atoms with Crippen LogP contribution in [0.15, 0.2) is 44.6 Å². The fourth-order valence-corrected chi connectivity index (χ4v) is 3.31. The van der Waals surface area contributed by atoms with Crippen LogP contribution in [-0.4, -0.2) is 12.5 Å². The highest BCUT2D eigenvalue weighted by Crippen LogP contribution is 2.27. The zero-order valence-electron chi connectivity index (χ0n) is 11.5. The molecule has 0 saturated carbocycles. The highest BCUT2D eigenvalue weighted by molar-refractivity contribution is 9.10. The van der Waals surface area contributed by atoms with Gasteiger partial charge in [-0.2, -0.15) is 0 Å². The number of furan rings is 1. The van der Waals surface area contributed by atoms with Crippen LogP contribution in [0.5, 0.6) is 0 Å². The van der Waals surface area contributed by atoms with Gasteiger partial charge in [0, 0.05) is 26.8 Å². The number of carbonyl (C=O) groups excluding carboxylic acids is 1. The first-order valence-corrected chi connectivity index (χ1v) is 8.31. The van der Waals surface area contributed by atoms with Crippen LogP contribution in [0.2, 0.25) is 0 Å². The number of hydrogen-bond acceptors (Lipinski definition) is 3. The van der Waals surface area contributed by atoms with Gasteiger partial charge in [0.2, 0.25) is 0 Å². The molecular weight excluding hydrogens is 350 g/mol. The quantitative estimate of drug-likeness (QED) is 0.739. The summed E-state index contributed by atoms with van der Waals surface area (Å²) in [6.07, 6.45) is 0.841. The van der Waals surface area contributed by atoms with Gasteiger partial charge in [-0.05, 0) is 43.0 Å². The Hall–Kier alpha value is -1.59. The van der Waals surface area contributed by atoms with Crippen molar-refractivity contribution < 1.29 is 9.21 Å². The van der Waals surface area contributed by atoms with Crippen molar-refractivity contribution in [2.45, 2.75) is 13.3 Å². The minimum Gasteiger partial charge on any atom is -0.451 e. The molecule has 0 atom stereocenters. The number of thiophene rings is 1. The predicted molar refractivity (Wildman–Crippen MR) is 89.0 cm³/mol. The summed E-state index contributed by atoms with van der Waals surface area (Å²) in [5.74, 6) is 0.241. The van der Waals surface area contributed by atoms with E-state index in [1.54, 1.807) is 11.3 Å². The molecule has 0 spiro atoms. The maximum atomic E-state index is 12.2. The second-order valence-electron chi connectivity index (χ2n) is 4.78. The van der Waals surface area contributed by atoms with E-state index in [4.69, 9.17) is 4.42 Å². The number of rotatable bonds is 4. The molecule has 0 fully saturated rings. The molecule has 3 aromatic rings. The number of amides is 1. The number of aryl methyl sites for hydroxylation is 1. The predicted octanol–water partition coefficient (Wildman–Crippen LogP) is 4.54. The van der Waals surface area contributed by atoms with E-state index in [0.717, 1.165) is 27.4 Å². The van der Waals surface area contributed by atoms with E-state index in [2.05, 4.69) is 27.3 Å². The summed E-state index contributed by atoms with van der Waals surface area (Å²) < 4.78 is 6.65. The molecule has 2 aromatic heterocycles. The number of nitrogens with one attached hydrogen (secondary N) is 1. The maximum Gasteiger partial charge on any atom is 0.287 e. The van der Waals surface area contributed by atoms with Crippen molar-refractivity contribution in [3.05, 3.63) is 56.4 Å². The molecule has 3 nitrogen and oxygen atoms in total. The molecule has 1 aromatic carbocycles. The van der Waals surface area contributed by atoms with Gasteiger partial charge in [0.1, 0.15) is 5.58 Å². The Morgan fingerprint density at radius 3 is 3.00 bits per heavy atom. The zero-order chi connectivity index (χ0) is 14.8. The number of fused-ring (bicyclic) bond motifs is 1. The summed E-state index contributed by atoms with van der Waals surface area (Å²) in [5, 5.41) is 5.92. The van der Waals surface area contributed by atoms with Crippen LogP contribution in [0, 0.1) is 6.92 Å². The highest BCUT2D eigenvalue weighted by Gasteiger charge is 2.17. The second kappa shape index (κ2) is 6.03. The first kappa shape index (κ1) is 14.4. The van der Waals surface area contributed by atoms with Crippen LogP contribution in [0.3, 0.4) is 0 Å². The SMILES string of the molecule is Cc1c(C(=O)NCCc2cccs2)oc2ccc(Br)cc12. The number of hydrogen-bond donors (Lipinski definition) is 1. The van der Waals surface area contributed by atoms with Crippen LogP contribution >= 0.6 is 27.3 Å². The van der Waals surface area contributed by atoms with Gasteiger partial charge in [-0.15, -0.1) is 11.3 Å². The average molecular weight is 364 g/mol. The van der Waals surface area contributed by atoms with Crippen LogP contribution in [0.1, 0.15) is 21.0 Å². The summed E-state index contributed by atoms with van der Waals surface area (Å²) in [5.41, 5.74) is 1.61. The van der Waals surface area contributed by atoms with Gasteiger partial charge >= 0.3 is 0 Å². The number of halogens is 1. The lowest BCUT2D eigenvalue weighted by Crippen LogP contribution is -2.25. The molecule has 21 heavy (non-hydrogen) atoms. The summed E-state index contributed by atoms with van der Waals surface area (Å²) in [6, 6.07) is 9.83. The molecule has 0 saturated heterocycles. The molecule has 2 heterocycles. The summed E-state index contributed by atoms with van der Waals surface area (Å²) in [4.78, 5) is 13.5. The van der Waals surface area contributed by atoms with Crippen LogP contribution in [0.4, 0.5) is 0 Å². The molecule has 1 N–H and O–H groups in total. The van der Waals surface area contributed by atoms with Crippen molar-refractivity contribution >= 4 is 44.1 Å². The number of benzene rings is 1. The van der Waals surface area contributed by atoms with Crippen LogP contribution in [0.25, 0.3) is 11.0 Å². The first-order chi connectivity index (χ1) is 10.1. The molecule has 5 heteroatoms. The van der Waals surface area contributed by atoms with Gasteiger partial charge in [0.25, 0.3) is 5.91 Å². The second-order valence-corrected chi connectivity index (χ2v) is 6.73. The van der Waals surface area contributed by atoms with E-state index in [1.165, 1.54) is 4.88 Å². The third-order valence-corrected chi connectivity index (χ3v) is 4.77. The Balaban J connectivity index is 1.73. The molecule has 0 unspecified atom stereocenters. The summed E-state index contributed by atoms with van der Waals surface area (Å²) in [7, 11) is 0. The minimum atomic E-state index is -0.156. The van der Waals surface area contributed by atoms with Crippen molar-refractivity contribution in [3.8, 4) is 0 Å². The van der Waals surface area contributed by atoms with Gasteiger partial charge in [-0.3, -0.25) is 4.79 Å². The molecule has 1 amide bonds. The summed E-state index contributed by atoms with van der Waals surface area (Å²) in [6.45, 7) is 2.52. The fourth-order valence-electron chi connectivity index (χ4n) is 2.24. The van der Waals surface area contributed by atoms with Gasteiger partial charge in [0.15, 0.2) is 5.76 Å². The van der Waals surface area contributed by atoms with E-state index in [1.807, 2.05) is 36.6 Å². The Labute approximate surface area is 135 Å². The third-order valence-electron chi connectivity index (χ3n) is 3.34. The van der Waals surface area contributed by atoms with Gasteiger partial charge in [-0.1, -0.05) is 22.0 Å². The standard InChI is InChI=1S/C16H14BrNO2S/c1-10-13-9-11(17)4-5-14(13)20-15(10)16(19)18-7-6-12-3-2-8-21-12/h2-5,8-9H,6-7H2,1H3,(H,18,19). The smallest absolute Gasteiger partial charge is 0.287 e. The lowest BCUT2D eigenvalue weighted by Gasteiger charge is -2.02. The Kier molecular flexibility index (Phi) is 4.12. The van der Waals surface area contributed by atoms with E-state index in [-0.39, 0.29) is 5.91 Å². The molecule has 0 radical (unpaired) electrons. The number of carbonyl (C=O) groups is 1. The molecule has 0 aliphatic heterocycles. The lowest BCUT2D eigenvalue weighted by atomic mass is 10.1. The molecule has 108 valence electrons. The Morgan fingerprint density at radius 1 is 1.38 bits per heavy atom. The van der Waals surface area contributed by atoms with Gasteiger partial charge in [0.05, 0.1) is 0 Å². The normalized spacial score (nSPS) is 11.0. The van der Waals surface area contributed by atoms with E-state index in [0.29, 0.717) is 12.3 Å². The molecule has 0 bridgehead atoms. The summed E-state index contributed by atoms with van der Waals surface area (Å²) >= 11 is 5.13. The van der Waals surface area contributed by atoms with E-state index in [9.17, 15) is 4.79 Å². The Bertz CT molecular complexity index is 777. The molecule has 0 aliphatic carbocycles. The van der Waals surface area contributed by atoms with Gasteiger partial charge in [-0.25, -0.2) is 0 Å². The molecule has 3 rings (SSSR count). The zero-order valence-corrected chi connectivity index (χ0v) is 13.9. The molecular formula is C16H14BrNO2S. The third kappa shape index (κ3) is 3.04. The first-order valence-electron chi connectivity index (χ1n) is 6.64. The lowest BCUT2D eigenvalue weighted by molar-refractivity contribution is 0.0928.